The van der Waals surface area contributed by atoms with Gasteiger partial charge in [-0.3, -0.25) is 19.5 Å². The van der Waals surface area contributed by atoms with Crippen molar-refractivity contribution in [1.29, 1.82) is 0 Å². The van der Waals surface area contributed by atoms with E-state index in [9.17, 15) is 14.0 Å². The minimum Gasteiger partial charge on any atom is -0.481 e. The highest BCUT2D eigenvalue weighted by molar-refractivity contribution is 6.06. The highest BCUT2D eigenvalue weighted by Crippen LogP contribution is 2.42. The van der Waals surface area contributed by atoms with Gasteiger partial charge in [0.2, 0.25) is 17.7 Å². The Labute approximate surface area is 136 Å². The zero-order valence-electron chi connectivity index (χ0n) is 13.0. The number of methoxy groups -OCH3 is 1. The van der Waals surface area contributed by atoms with Crippen molar-refractivity contribution < 1.29 is 23.8 Å². The predicted octanol–water partition coefficient (Wildman–Crippen LogP) is 1.83. The third kappa shape index (κ3) is 2.45. The van der Waals surface area contributed by atoms with E-state index < -0.39 is 30.3 Å². The zero-order chi connectivity index (χ0) is 17.4. The second-order valence-corrected chi connectivity index (χ2v) is 5.33. The van der Waals surface area contributed by atoms with Crippen LogP contribution in [0.2, 0.25) is 0 Å². The largest absolute Gasteiger partial charge is 0.481 e. The Morgan fingerprint density at radius 1 is 1.50 bits per heavy atom. The van der Waals surface area contributed by atoms with Crippen LogP contribution >= 0.6 is 0 Å². The first-order chi connectivity index (χ1) is 11.4. The molecule has 1 aliphatic rings. The highest BCUT2D eigenvalue weighted by Gasteiger charge is 2.35. The lowest BCUT2D eigenvalue weighted by Crippen LogP contribution is -2.38. The average molecular weight is 331 g/mol. The summed E-state index contributed by atoms with van der Waals surface area (Å²) < 4.78 is 19.6. The van der Waals surface area contributed by atoms with Gasteiger partial charge in [0.05, 0.1) is 30.0 Å². The van der Waals surface area contributed by atoms with Gasteiger partial charge in [0, 0.05) is 17.8 Å². The molecule has 2 aromatic heterocycles. The number of pyridine rings is 2. The molecule has 0 aliphatic carbocycles. The zero-order valence-corrected chi connectivity index (χ0v) is 13.0. The number of carbonyl (C=O) groups excluding carboxylic acids is 1. The van der Waals surface area contributed by atoms with E-state index in [0.717, 1.165) is 4.90 Å². The Morgan fingerprint density at radius 2 is 2.25 bits per heavy atom. The Morgan fingerprint density at radius 3 is 2.92 bits per heavy atom. The van der Waals surface area contributed by atoms with Crippen molar-refractivity contribution in [3.8, 4) is 17.0 Å². The van der Waals surface area contributed by atoms with Gasteiger partial charge in [-0.15, -0.1) is 0 Å². The maximum absolute atomic E-state index is 14.6. The van der Waals surface area contributed by atoms with E-state index in [2.05, 4.69) is 9.97 Å². The van der Waals surface area contributed by atoms with Crippen LogP contribution in [0.25, 0.3) is 11.1 Å². The summed E-state index contributed by atoms with van der Waals surface area (Å²) in [6.45, 7) is 1.01. The number of carbonyl (C=O) groups is 2. The molecule has 24 heavy (non-hydrogen) atoms. The lowest BCUT2D eigenvalue weighted by Gasteiger charge is -2.23. The molecule has 8 heteroatoms. The van der Waals surface area contributed by atoms with E-state index in [-0.39, 0.29) is 17.1 Å². The number of hydrogen-bond acceptors (Lipinski definition) is 5. The third-order valence-electron chi connectivity index (χ3n) is 3.88. The molecule has 3 rings (SSSR count). The molecule has 0 saturated heterocycles. The molecule has 0 radical (unpaired) electrons. The molecule has 1 atom stereocenters. The Hall–Kier alpha value is -3.03. The van der Waals surface area contributed by atoms with Gasteiger partial charge < -0.3 is 9.84 Å². The summed E-state index contributed by atoms with van der Waals surface area (Å²) in [4.78, 5) is 32.9. The smallest absolute Gasteiger partial charge is 0.323 e. The first kappa shape index (κ1) is 15.9. The van der Waals surface area contributed by atoms with E-state index in [1.54, 1.807) is 19.1 Å². The molecular formula is C16H14FN3O4. The number of rotatable bonds is 3. The van der Waals surface area contributed by atoms with Crippen molar-refractivity contribution in [1.82, 2.24) is 9.97 Å². The van der Waals surface area contributed by atoms with Crippen LogP contribution in [0.15, 0.2) is 24.4 Å². The van der Waals surface area contributed by atoms with Crippen LogP contribution < -0.4 is 9.64 Å². The fourth-order valence-corrected chi connectivity index (χ4v) is 2.79. The number of hydrogen-bond donors (Lipinski definition) is 1. The van der Waals surface area contributed by atoms with Gasteiger partial charge in [-0.25, -0.2) is 0 Å². The number of amides is 1. The summed E-state index contributed by atoms with van der Waals surface area (Å²) >= 11 is 0. The number of aromatic nitrogens is 2. The van der Waals surface area contributed by atoms with E-state index in [1.165, 1.54) is 19.4 Å². The third-order valence-corrected chi connectivity index (χ3v) is 3.88. The van der Waals surface area contributed by atoms with Crippen molar-refractivity contribution in [2.75, 3.05) is 18.6 Å². The fraction of sp³-hybridized carbons (Fsp3) is 0.250. The van der Waals surface area contributed by atoms with Crippen LogP contribution in [0.5, 0.6) is 5.88 Å². The molecule has 7 nitrogen and oxygen atoms in total. The molecule has 1 amide bonds. The van der Waals surface area contributed by atoms with Crippen LogP contribution in [0.4, 0.5) is 10.1 Å². The molecule has 1 unspecified atom stereocenters. The maximum Gasteiger partial charge on any atom is 0.323 e. The van der Waals surface area contributed by atoms with Crippen molar-refractivity contribution in [2.24, 2.45) is 0 Å². The van der Waals surface area contributed by atoms with Gasteiger partial charge in [0.1, 0.15) is 6.54 Å². The van der Waals surface area contributed by atoms with Gasteiger partial charge >= 0.3 is 5.97 Å². The second-order valence-electron chi connectivity index (χ2n) is 5.33. The van der Waals surface area contributed by atoms with Crippen molar-refractivity contribution in [3.05, 3.63) is 36.0 Å². The van der Waals surface area contributed by atoms with Crippen molar-refractivity contribution in [2.45, 2.75) is 12.8 Å². The first-order valence-electron chi connectivity index (χ1n) is 7.17. The van der Waals surface area contributed by atoms with Crippen molar-refractivity contribution in [3.63, 3.8) is 0 Å². The molecule has 0 spiro atoms. The topological polar surface area (TPSA) is 92.6 Å². The standard InChI is InChI=1S/C16H14FN3O4/c1-8-14-9(4-3-5-18-14)13-10(6-11(24-2)19-15(13)17)20(16(8)23)7-12(21)22/h3-6,8H,7H2,1-2H3,(H,21,22). The minimum atomic E-state index is -1.21. The maximum atomic E-state index is 14.6. The van der Waals surface area contributed by atoms with E-state index in [0.29, 0.717) is 11.3 Å². The van der Waals surface area contributed by atoms with E-state index in [1.807, 2.05) is 0 Å². The number of halogens is 1. The number of carboxylic acid groups (broad SMARTS) is 1. The normalized spacial score (nSPS) is 16.2. The number of carboxylic acids is 1. The molecule has 0 aromatic carbocycles. The SMILES string of the molecule is COc1cc2c(c(F)n1)-c1cccnc1C(C)C(=O)N2CC(=O)O. The summed E-state index contributed by atoms with van der Waals surface area (Å²) in [5.74, 6) is -3.32. The quantitative estimate of drug-likeness (QED) is 0.863. The monoisotopic (exact) mass is 331 g/mol. The van der Waals surface area contributed by atoms with Crippen LogP contribution in [-0.4, -0.2) is 40.6 Å². The summed E-state index contributed by atoms with van der Waals surface area (Å²) in [5.41, 5.74) is 0.930. The van der Waals surface area contributed by atoms with Gasteiger partial charge in [-0.05, 0) is 13.0 Å². The lowest BCUT2D eigenvalue weighted by molar-refractivity contribution is -0.136. The molecule has 2 aromatic rings. The Balaban J connectivity index is 2.35. The van der Waals surface area contributed by atoms with Gasteiger partial charge in [-0.2, -0.15) is 9.37 Å². The highest BCUT2D eigenvalue weighted by atomic mass is 19.1. The molecular weight excluding hydrogens is 317 g/mol. The lowest BCUT2D eigenvalue weighted by atomic mass is 9.98. The first-order valence-corrected chi connectivity index (χ1v) is 7.17. The molecule has 1 N–H and O–H groups in total. The summed E-state index contributed by atoms with van der Waals surface area (Å²) in [7, 11) is 1.31. The Bertz CT molecular complexity index is 840. The average Bonchev–Trinajstić information content (AvgIpc) is 2.64. The summed E-state index contributed by atoms with van der Waals surface area (Å²) in [5, 5.41) is 9.15. The minimum absolute atomic E-state index is 0.0397. The van der Waals surface area contributed by atoms with E-state index >= 15 is 0 Å². The van der Waals surface area contributed by atoms with Crippen LogP contribution in [-0.2, 0) is 9.59 Å². The molecule has 124 valence electrons. The van der Waals surface area contributed by atoms with Gasteiger partial charge in [-0.1, -0.05) is 6.07 Å². The van der Waals surface area contributed by atoms with Crippen LogP contribution in [0.1, 0.15) is 18.5 Å². The fourth-order valence-electron chi connectivity index (χ4n) is 2.79. The Kier molecular flexibility index (Phi) is 3.88. The second kappa shape index (κ2) is 5.88. The molecule has 0 saturated carbocycles. The van der Waals surface area contributed by atoms with Crippen LogP contribution in [0, 0.1) is 5.95 Å². The van der Waals surface area contributed by atoms with Gasteiger partial charge in [0.15, 0.2) is 0 Å². The number of ether oxygens (including phenoxy) is 1. The summed E-state index contributed by atoms with van der Waals surface area (Å²) in [6, 6.07) is 4.61. The number of anilines is 1. The number of fused-ring (bicyclic) bond motifs is 3. The number of aliphatic carboxylic acids is 1. The number of nitrogens with zero attached hydrogens (tertiary/aromatic N) is 3. The molecule has 1 aliphatic heterocycles. The van der Waals surface area contributed by atoms with Gasteiger partial charge in [0.25, 0.3) is 0 Å². The van der Waals surface area contributed by atoms with Crippen molar-refractivity contribution >= 4 is 17.6 Å². The molecule has 3 heterocycles. The van der Waals surface area contributed by atoms with Crippen LogP contribution in [0.3, 0.4) is 0 Å². The summed E-state index contributed by atoms with van der Waals surface area (Å²) in [6.07, 6.45) is 1.50. The van der Waals surface area contributed by atoms with E-state index in [4.69, 9.17) is 9.84 Å². The molecule has 0 fully saturated rings. The molecule has 0 bridgehead atoms. The predicted molar refractivity (Wildman–Crippen MR) is 82.4 cm³/mol.